The number of benzene rings is 2. The van der Waals surface area contributed by atoms with Crippen LogP contribution < -0.4 is 48.9 Å². The van der Waals surface area contributed by atoms with E-state index in [9.17, 15) is 15.0 Å². The molecular weight excluding hydrogens is 323 g/mol. The van der Waals surface area contributed by atoms with Crippen molar-refractivity contribution in [1.82, 2.24) is 0 Å². The van der Waals surface area contributed by atoms with Gasteiger partial charge in [-0.15, -0.1) is 0 Å². The smallest absolute Gasteiger partial charge is 0.546 e. The quantitative estimate of drug-likeness (QED) is 0.595. The van der Waals surface area contributed by atoms with Gasteiger partial charge in [-0.25, -0.2) is 0 Å². The van der Waals surface area contributed by atoms with E-state index in [1.54, 1.807) is 18.2 Å². The third kappa shape index (κ3) is 3.52. The molecule has 24 heavy (non-hydrogen) atoms. The van der Waals surface area contributed by atoms with Gasteiger partial charge in [0.05, 0.1) is 32.9 Å². The second-order valence-corrected chi connectivity index (χ2v) is 4.77. The topological polar surface area (TPSA) is 88.0 Å². The first-order valence-electron chi connectivity index (χ1n) is 6.78. The van der Waals surface area contributed by atoms with Crippen molar-refractivity contribution in [3.63, 3.8) is 0 Å². The normalized spacial score (nSPS) is 12.5. The van der Waals surface area contributed by atoms with Crippen molar-refractivity contribution in [3.05, 3.63) is 53.6 Å². The van der Waals surface area contributed by atoms with Crippen molar-refractivity contribution in [3.8, 4) is 17.2 Å². The van der Waals surface area contributed by atoms with Crippen LogP contribution in [0.15, 0.2) is 42.5 Å². The van der Waals surface area contributed by atoms with Crippen molar-refractivity contribution >= 4 is 5.97 Å². The molecule has 1 N–H and O–H groups in total. The van der Waals surface area contributed by atoms with Crippen molar-refractivity contribution in [2.45, 2.75) is 5.60 Å². The maximum atomic E-state index is 11.8. The minimum Gasteiger partial charge on any atom is -0.546 e. The summed E-state index contributed by atoms with van der Waals surface area (Å²) in [5.74, 6) is -1.07. The maximum Gasteiger partial charge on any atom is 1.00 e. The van der Waals surface area contributed by atoms with Crippen LogP contribution >= 0.6 is 0 Å². The molecule has 1 atom stereocenters. The fraction of sp³-hybridized carbons (Fsp3) is 0.235. The minimum atomic E-state index is -2.44. The van der Waals surface area contributed by atoms with E-state index in [0.717, 1.165) is 0 Å². The molecule has 0 aliphatic carbocycles. The van der Waals surface area contributed by atoms with E-state index in [4.69, 9.17) is 14.2 Å². The molecule has 2 aromatic carbocycles. The summed E-state index contributed by atoms with van der Waals surface area (Å²) >= 11 is 0. The number of hydrogen-bond donors (Lipinski definition) is 1. The molecule has 1 unspecified atom stereocenters. The Kier molecular flexibility index (Phi) is 7.10. The Morgan fingerprint density at radius 3 is 1.88 bits per heavy atom. The van der Waals surface area contributed by atoms with Gasteiger partial charge in [-0.1, -0.05) is 30.3 Å². The van der Waals surface area contributed by atoms with Gasteiger partial charge in [0.2, 0.25) is 0 Å². The molecule has 0 aliphatic heterocycles. The van der Waals surface area contributed by atoms with Crippen LogP contribution in [-0.2, 0) is 10.4 Å². The SMILES string of the molecule is COc1cc(OC)c(C(O)(C(=O)[O-])c2ccccc2)c(OC)c1.[Na+]. The summed E-state index contributed by atoms with van der Waals surface area (Å²) in [7, 11) is 4.17. The largest absolute Gasteiger partial charge is 1.00 e. The predicted molar refractivity (Wildman–Crippen MR) is 80.5 cm³/mol. The van der Waals surface area contributed by atoms with E-state index >= 15 is 0 Å². The molecule has 0 saturated heterocycles. The number of hydrogen-bond acceptors (Lipinski definition) is 6. The third-order valence-corrected chi connectivity index (χ3v) is 3.56. The third-order valence-electron chi connectivity index (χ3n) is 3.56. The molecule has 0 heterocycles. The summed E-state index contributed by atoms with van der Waals surface area (Å²) in [4.78, 5) is 11.8. The molecule has 0 spiro atoms. The molecule has 0 fully saturated rings. The Morgan fingerprint density at radius 2 is 1.50 bits per heavy atom. The molecule has 122 valence electrons. The molecule has 0 aromatic heterocycles. The van der Waals surface area contributed by atoms with Gasteiger partial charge >= 0.3 is 29.6 Å². The van der Waals surface area contributed by atoms with Crippen molar-refractivity contribution in [2.24, 2.45) is 0 Å². The van der Waals surface area contributed by atoms with Crippen LogP contribution in [0.1, 0.15) is 11.1 Å². The molecule has 0 saturated carbocycles. The van der Waals surface area contributed by atoms with Crippen molar-refractivity contribution in [2.75, 3.05) is 21.3 Å². The molecule has 6 nitrogen and oxygen atoms in total. The van der Waals surface area contributed by atoms with Gasteiger partial charge in [0.1, 0.15) is 17.2 Å². The van der Waals surface area contributed by atoms with Gasteiger partial charge in [0.15, 0.2) is 5.60 Å². The summed E-state index contributed by atoms with van der Waals surface area (Å²) in [6, 6.07) is 10.8. The molecule has 2 aromatic rings. The first kappa shape index (κ1) is 20.3. The number of carboxylic acids is 1. The zero-order valence-corrected chi connectivity index (χ0v) is 16.0. The molecule has 0 radical (unpaired) electrons. The van der Waals surface area contributed by atoms with Gasteiger partial charge < -0.3 is 29.2 Å². The van der Waals surface area contributed by atoms with Gasteiger partial charge in [-0.2, -0.15) is 0 Å². The summed E-state index contributed by atoms with van der Waals surface area (Å²) < 4.78 is 15.6. The fourth-order valence-corrected chi connectivity index (χ4v) is 2.41. The number of carbonyl (C=O) groups excluding carboxylic acids is 1. The summed E-state index contributed by atoms with van der Waals surface area (Å²) in [6.45, 7) is 0. The molecular formula is C17H17NaO6. The number of carbonyl (C=O) groups is 1. The minimum absolute atomic E-state index is 0. The number of ether oxygens (including phenoxy) is 3. The zero-order valence-electron chi connectivity index (χ0n) is 14.0. The maximum absolute atomic E-state index is 11.8. The predicted octanol–water partition coefficient (Wildman–Crippen LogP) is -2.30. The number of aliphatic hydroxyl groups is 1. The first-order valence-corrected chi connectivity index (χ1v) is 6.78. The number of carboxylic acid groups (broad SMARTS) is 1. The van der Waals surface area contributed by atoms with Gasteiger partial charge in [0, 0.05) is 12.1 Å². The second-order valence-electron chi connectivity index (χ2n) is 4.77. The van der Waals surface area contributed by atoms with Crippen LogP contribution in [0, 0.1) is 0 Å². The number of aliphatic carboxylic acids is 1. The molecule has 0 amide bonds. The van der Waals surface area contributed by atoms with E-state index in [1.165, 1.54) is 45.6 Å². The van der Waals surface area contributed by atoms with E-state index in [-0.39, 0.29) is 52.2 Å². The molecule has 0 aliphatic rings. The van der Waals surface area contributed by atoms with Crippen LogP contribution in [0.4, 0.5) is 0 Å². The van der Waals surface area contributed by atoms with Crippen molar-refractivity contribution in [1.29, 1.82) is 0 Å². The molecule has 2 rings (SSSR count). The average Bonchev–Trinajstić information content (AvgIpc) is 2.60. The standard InChI is InChI=1S/C17H18O6.Na/c1-21-12-9-13(22-2)15(14(10-12)23-3)17(20,16(18)19)11-7-5-4-6-8-11;/h4-10,20H,1-3H3,(H,18,19);/q;+1/p-1. The van der Waals surface area contributed by atoms with Crippen LogP contribution in [-0.4, -0.2) is 32.4 Å². The van der Waals surface area contributed by atoms with Crippen LogP contribution in [0.2, 0.25) is 0 Å². The second kappa shape index (κ2) is 8.39. The Labute approximate surface area is 162 Å². The summed E-state index contributed by atoms with van der Waals surface area (Å²) in [5, 5.41) is 22.8. The Hall–Kier alpha value is -1.73. The molecule has 0 bridgehead atoms. The summed E-state index contributed by atoms with van der Waals surface area (Å²) in [6.07, 6.45) is 0. The molecule has 7 heteroatoms. The van der Waals surface area contributed by atoms with Crippen molar-refractivity contribution < 1.29 is 58.8 Å². The van der Waals surface area contributed by atoms with E-state index in [1.807, 2.05) is 0 Å². The fourth-order valence-electron chi connectivity index (χ4n) is 2.41. The zero-order chi connectivity index (χ0) is 17.0. The van der Waals surface area contributed by atoms with Gasteiger partial charge in [-0.05, 0) is 5.56 Å². The van der Waals surface area contributed by atoms with Crippen LogP contribution in [0.3, 0.4) is 0 Å². The average molecular weight is 340 g/mol. The van der Waals surface area contributed by atoms with Crippen LogP contribution in [0.5, 0.6) is 17.2 Å². The summed E-state index contributed by atoms with van der Waals surface area (Å²) in [5.41, 5.74) is -2.37. The van der Waals surface area contributed by atoms with E-state index in [2.05, 4.69) is 0 Å². The Balaban J connectivity index is 0.00000288. The monoisotopic (exact) mass is 340 g/mol. The van der Waals surface area contributed by atoms with Crippen LogP contribution in [0.25, 0.3) is 0 Å². The van der Waals surface area contributed by atoms with E-state index in [0.29, 0.717) is 5.75 Å². The van der Waals surface area contributed by atoms with Gasteiger partial charge in [0.25, 0.3) is 0 Å². The first-order chi connectivity index (χ1) is 11.0. The van der Waals surface area contributed by atoms with E-state index < -0.39 is 11.6 Å². The van der Waals surface area contributed by atoms with Gasteiger partial charge in [-0.3, -0.25) is 0 Å². The number of rotatable bonds is 6. The Bertz CT molecular complexity index is 678. The Morgan fingerprint density at radius 1 is 1.00 bits per heavy atom. The number of methoxy groups -OCH3 is 3.